The van der Waals surface area contributed by atoms with E-state index in [0.29, 0.717) is 13.0 Å². The van der Waals surface area contributed by atoms with Crippen molar-refractivity contribution in [2.45, 2.75) is 12.8 Å². The maximum absolute atomic E-state index is 10.8. The third-order valence-electron chi connectivity index (χ3n) is 2.24. The van der Waals surface area contributed by atoms with Crippen LogP contribution in [0.2, 0.25) is 0 Å². The molecule has 1 aliphatic heterocycles. The van der Waals surface area contributed by atoms with E-state index in [9.17, 15) is 4.79 Å². The Bertz CT molecular complexity index is 340. The van der Waals surface area contributed by atoms with Crippen molar-refractivity contribution in [2.24, 2.45) is 0 Å². The zero-order chi connectivity index (χ0) is 9.80. The van der Waals surface area contributed by atoms with Gasteiger partial charge in [0, 0.05) is 6.42 Å². The minimum Gasteiger partial charge on any atom is -0.461 e. The van der Waals surface area contributed by atoms with Crippen LogP contribution in [0.3, 0.4) is 0 Å². The molecule has 0 saturated carbocycles. The molecule has 1 aliphatic rings. The highest BCUT2D eigenvalue weighted by Crippen LogP contribution is 2.16. The van der Waals surface area contributed by atoms with Gasteiger partial charge in [-0.2, -0.15) is 0 Å². The van der Waals surface area contributed by atoms with Crippen LogP contribution in [0.15, 0.2) is 35.9 Å². The Morgan fingerprint density at radius 3 is 2.57 bits per heavy atom. The third kappa shape index (κ3) is 2.22. The van der Waals surface area contributed by atoms with E-state index < -0.39 is 0 Å². The van der Waals surface area contributed by atoms with Crippen molar-refractivity contribution in [3.8, 4) is 0 Å². The molecule has 0 spiro atoms. The van der Waals surface area contributed by atoms with Gasteiger partial charge in [-0.15, -0.1) is 0 Å². The largest absolute Gasteiger partial charge is 0.461 e. The lowest BCUT2D eigenvalue weighted by molar-refractivity contribution is -0.144. The summed E-state index contributed by atoms with van der Waals surface area (Å²) in [6, 6.07) is 10.1. The summed E-state index contributed by atoms with van der Waals surface area (Å²) in [5.74, 6) is -0.0878. The fraction of sp³-hybridized carbons (Fsp3) is 0.250. The summed E-state index contributed by atoms with van der Waals surface area (Å²) in [7, 11) is 0. The highest BCUT2D eigenvalue weighted by molar-refractivity contribution is 5.72. The summed E-state index contributed by atoms with van der Waals surface area (Å²) in [5, 5.41) is 0. The van der Waals surface area contributed by atoms with Gasteiger partial charge in [0.25, 0.3) is 0 Å². The zero-order valence-electron chi connectivity index (χ0n) is 7.90. The molecule has 2 rings (SSSR count). The number of ether oxygens (including phenoxy) is 1. The van der Waals surface area contributed by atoms with Gasteiger partial charge in [-0.1, -0.05) is 36.4 Å². The zero-order valence-corrected chi connectivity index (χ0v) is 7.90. The Hall–Kier alpha value is -1.57. The number of rotatable bonds is 1. The lowest BCUT2D eigenvalue weighted by atomic mass is 10.1. The van der Waals surface area contributed by atoms with Crippen molar-refractivity contribution in [2.75, 3.05) is 6.61 Å². The first-order valence-corrected chi connectivity index (χ1v) is 4.75. The number of carbonyl (C=O) groups excluding carboxylic acids is 1. The van der Waals surface area contributed by atoms with Gasteiger partial charge < -0.3 is 4.74 Å². The maximum atomic E-state index is 10.8. The lowest BCUT2D eigenvalue weighted by Crippen LogP contribution is -2.14. The molecule has 1 heterocycles. The minimum absolute atomic E-state index is 0.0878. The summed E-state index contributed by atoms with van der Waals surface area (Å²) in [6.07, 6.45) is 3.43. The van der Waals surface area contributed by atoms with Gasteiger partial charge in [0.15, 0.2) is 0 Å². The van der Waals surface area contributed by atoms with Crippen molar-refractivity contribution < 1.29 is 9.53 Å². The SMILES string of the molecule is O=C1CCC(=Cc2ccccc2)CO1. The van der Waals surface area contributed by atoms with Crippen molar-refractivity contribution in [3.63, 3.8) is 0 Å². The van der Waals surface area contributed by atoms with Gasteiger partial charge in [-0.05, 0) is 17.6 Å². The number of hydrogen-bond acceptors (Lipinski definition) is 2. The lowest BCUT2D eigenvalue weighted by Gasteiger charge is -2.14. The van der Waals surface area contributed by atoms with Crippen molar-refractivity contribution in [3.05, 3.63) is 41.5 Å². The predicted molar refractivity (Wildman–Crippen MR) is 54.6 cm³/mol. The van der Waals surface area contributed by atoms with E-state index in [1.54, 1.807) is 0 Å². The summed E-state index contributed by atoms with van der Waals surface area (Å²) < 4.78 is 4.96. The van der Waals surface area contributed by atoms with Gasteiger partial charge in [0.2, 0.25) is 0 Å². The average Bonchev–Trinajstić information content (AvgIpc) is 2.23. The van der Waals surface area contributed by atoms with Crippen molar-refractivity contribution in [1.29, 1.82) is 0 Å². The molecule has 2 heteroatoms. The normalized spacial score (nSPS) is 19.4. The molecule has 14 heavy (non-hydrogen) atoms. The Balaban J connectivity index is 2.08. The second-order valence-electron chi connectivity index (χ2n) is 3.37. The standard InChI is InChI=1S/C12H12O2/c13-12-7-6-11(9-14-12)8-10-4-2-1-3-5-10/h1-5,8H,6-7,9H2. The molecule has 1 fully saturated rings. The smallest absolute Gasteiger partial charge is 0.306 e. The van der Waals surface area contributed by atoms with Gasteiger partial charge >= 0.3 is 5.97 Å². The van der Waals surface area contributed by atoms with E-state index >= 15 is 0 Å². The molecular weight excluding hydrogens is 176 g/mol. The number of carbonyl (C=O) groups is 1. The average molecular weight is 188 g/mol. The Morgan fingerprint density at radius 1 is 1.14 bits per heavy atom. The Morgan fingerprint density at radius 2 is 1.93 bits per heavy atom. The van der Waals surface area contributed by atoms with Gasteiger partial charge in [-0.25, -0.2) is 0 Å². The van der Waals surface area contributed by atoms with Gasteiger partial charge in [-0.3, -0.25) is 4.79 Å². The highest BCUT2D eigenvalue weighted by atomic mass is 16.5. The summed E-state index contributed by atoms with van der Waals surface area (Å²) in [4.78, 5) is 10.8. The van der Waals surface area contributed by atoms with E-state index in [2.05, 4.69) is 6.08 Å². The maximum Gasteiger partial charge on any atom is 0.306 e. The van der Waals surface area contributed by atoms with Crippen molar-refractivity contribution in [1.82, 2.24) is 0 Å². The molecule has 0 amide bonds. The Kier molecular flexibility index (Phi) is 2.63. The van der Waals surface area contributed by atoms with Gasteiger partial charge in [0.1, 0.15) is 6.61 Å². The van der Waals surface area contributed by atoms with Crippen LogP contribution in [0.1, 0.15) is 18.4 Å². The molecule has 1 aromatic carbocycles. The van der Waals surface area contributed by atoms with Crippen LogP contribution >= 0.6 is 0 Å². The third-order valence-corrected chi connectivity index (χ3v) is 2.24. The number of hydrogen-bond donors (Lipinski definition) is 0. The second kappa shape index (κ2) is 4.09. The minimum atomic E-state index is -0.0878. The monoisotopic (exact) mass is 188 g/mol. The van der Waals surface area contributed by atoms with E-state index in [0.717, 1.165) is 6.42 Å². The number of esters is 1. The van der Waals surface area contributed by atoms with Crippen LogP contribution in [0.25, 0.3) is 6.08 Å². The van der Waals surface area contributed by atoms with Crippen LogP contribution in [-0.2, 0) is 9.53 Å². The van der Waals surface area contributed by atoms with Crippen molar-refractivity contribution >= 4 is 12.0 Å². The van der Waals surface area contributed by atoms with E-state index in [-0.39, 0.29) is 5.97 Å². The molecule has 0 N–H and O–H groups in total. The first-order valence-electron chi connectivity index (χ1n) is 4.75. The van der Waals surface area contributed by atoms with Crippen LogP contribution < -0.4 is 0 Å². The molecule has 2 nitrogen and oxygen atoms in total. The highest BCUT2D eigenvalue weighted by Gasteiger charge is 2.12. The van der Waals surface area contributed by atoms with Crippen LogP contribution in [0.5, 0.6) is 0 Å². The molecule has 0 atom stereocenters. The summed E-state index contributed by atoms with van der Waals surface area (Å²) >= 11 is 0. The van der Waals surface area contributed by atoms with E-state index in [4.69, 9.17) is 4.74 Å². The molecule has 0 unspecified atom stereocenters. The second-order valence-corrected chi connectivity index (χ2v) is 3.37. The van der Waals surface area contributed by atoms with Crippen LogP contribution in [-0.4, -0.2) is 12.6 Å². The summed E-state index contributed by atoms with van der Waals surface area (Å²) in [6.45, 7) is 0.452. The van der Waals surface area contributed by atoms with E-state index in [1.807, 2.05) is 30.3 Å². The molecule has 0 bridgehead atoms. The van der Waals surface area contributed by atoms with Crippen LogP contribution in [0.4, 0.5) is 0 Å². The topological polar surface area (TPSA) is 26.3 Å². The number of cyclic esters (lactones) is 1. The quantitative estimate of drug-likeness (QED) is 0.632. The molecule has 72 valence electrons. The summed E-state index contributed by atoms with van der Waals surface area (Å²) in [5.41, 5.74) is 2.36. The molecule has 1 aromatic rings. The molecular formula is C12H12O2. The van der Waals surface area contributed by atoms with Gasteiger partial charge in [0.05, 0.1) is 0 Å². The molecule has 0 aromatic heterocycles. The molecule has 0 radical (unpaired) electrons. The molecule has 1 saturated heterocycles. The fourth-order valence-electron chi connectivity index (χ4n) is 1.48. The Labute approximate surface area is 83.2 Å². The van der Waals surface area contributed by atoms with Crippen LogP contribution in [0, 0.1) is 0 Å². The molecule has 0 aliphatic carbocycles. The fourth-order valence-corrected chi connectivity index (χ4v) is 1.48. The predicted octanol–water partition coefficient (Wildman–Crippen LogP) is 2.41. The number of benzene rings is 1. The first kappa shape index (κ1) is 9.00. The van der Waals surface area contributed by atoms with E-state index in [1.165, 1.54) is 11.1 Å². The first-order chi connectivity index (χ1) is 6.84.